The fourth-order valence-corrected chi connectivity index (χ4v) is 6.60. The van der Waals surface area contributed by atoms with Gasteiger partial charge in [-0.25, -0.2) is 9.50 Å². The maximum Gasteiger partial charge on any atom is 0.265 e. The molecule has 0 radical (unpaired) electrons. The third-order valence-corrected chi connectivity index (χ3v) is 8.95. The van der Waals surface area contributed by atoms with Crippen LogP contribution in [-0.2, 0) is 0 Å². The molecular formula is C32H34N8O2. The molecule has 10 heteroatoms. The van der Waals surface area contributed by atoms with E-state index in [2.05, 4.69) is 38.3 Å². The molecule has 214 valence electrons. The second kappa shape index (κ2) is 9.99. The van der Waals surface area contributed by atoms with Crippen LogP contribution in [0.2, 0.25) is 0 Å². The summed E-state index contributed by atoms with van der Waals surface area (Å²) in [6.45, 7) is 6.04. The number of nitrogens with two attached hydrogens (primary N) is 1. The molecule has 3 aromatic heterocycles. The summed E-state index contributed by atoms with van der Waals surface area (Å²) in [5, 5.41) is 8.81. The van der Waals surface area contributed by atoms with E-state index < -0.39 is 11.9 Å². The van der Waals surface area contributed by atoms with Gasteiger partial charge >= 0.3 is 0 Å². The second-order valence-electron chi connectivity index (χ2n) is 11.8. The Morgan fingerprint density at radius 1 is 1.05 bits per heavy atom. The van der Waals surface area contributed by atoms with Crippen molar-refractivity contribution in [2.24, 2.45) is 5.41 Å². The van der Waals surface area contributed by atoms with Gasteiger partial charge in [0.2, 0.25) is 0 Å². The minimum absolute atomic E-state index is 0.0962. The molecule has 1 amide bonds. The van der Waals surface area contributed by atoms with Crippen molar-refractivity contribution >= 4 is 33.8 Å². The number of benzene rings is 2. The zero-order valence-electron chi connectivity index (χ0n) is 23.8. The smallest absolute Gasteiger partial charge is 0.265 e. The van der Waals surface area contributed by atoms with Gasteiger partial charge in [-0.3, -0.25) is 14.2 Å². The van der Waals surface area contributed by atoms with Crippen molar-refractivity contribution in [1.82, 2.24) is 29.4 Å². The lowest BCUT2D eigenvalue weighted by Gasteiger charge is -2.55. The highest BCUT2D eigenvalue weighted by molar-refractivity contribution is 6.04. The normalized spacial score (nSPS) is 17.4. The molecule has 2 aliphatic heterocycles. The molecule has 0 saturated carbocycles. The van der Waals surface area contributed by atoms with E-state index in [0.29, 0.717) is 22.1 Å². The van der Waals surface area contributed by atoms with Crippen molar-refractivity contribution in [3.05, 3.63) is 94.7 Å². The number of carbonyl (C=O) groups is 1. The van der Waals surface area contributed by atoms with Gasteiger partial charge in [0.15, 0.2) is 11.5 Å². The van der Waals surface area contributed by atoms with Gasteiger partial charge in [0, 0.05) is 42.3 Å². The van der Waals surface area contributed by atoms with Crippen molar-refractivity contribution < 1.29 is 4.79 Å². The summed E-state index contributed by atoms with van der Waals surface area (Å²) < 4.78 is 3.21. The first kappa shape index (κ1) is 26.2. The summed E-state index contributed by atoms with van der Waals surface area (Å²) in [4.78, 5) is 37.0. The molecule has 1 unspecified atom stereocenters. The van der Waals surface area contributed by atoms with Crippen LogP contribution in [-0.4, -0.2) is 63.2 Å². The zero-order chi connectivity index (χ0) is 29.0. The Morgan fingerprint density at radius 3 is 2.57 bits per heavy atom. The number of likely N-dealkylation sites (tertiary alicyclic amines) is 1. The Kier molecular flexibility index (Phi) is 6.23. The van der Waals surface area contributed by atoms with E-state index in [0.717, 1.165) is 42.9 Å². The van der Waals surface area contributed by atoms with E-state index in [4.69, 9.17) is 5.73 Å². The average molecular weight is 563 g/mol. The molecule has 2 aromatic carbocycles. The fourth-order valence-electron chi connectivity index (χ4n) is 6.60. The van der Waals surface area contributed by atoms with E-state index in [1.807, 2.05) is 55.5 Å². The summed E-state index contributed by atoms with van der Waals surface area (Å²) in [6, 6.07) is 18.8. The number of carbonyl (C=O) groups excluding carboxylic acids is 1. The lowest BCUT2D eigenvalue weighted by Crippen LogP contribution is -2.60. The van der Waals surface area contributed by atoms with E-state index in [1.165, 1.54) is 17.4 Å². The minimum atomic E-state index is -0.525. The number of pyridine rings is 1. The first-order valence-electron chi connectivity index (χ1n) is 14.4. The Labute approximate surface area is 243 Å². The quantitative estimate of drug-likeness (QED) is 0.336. The number of aromatic nitrogens is 4. The Balaban J connectivity index is 1.28. The molecular weight excluding hydrogens is 528 g/mol. The van der Waals surface area contributed by atoms with Crippen molar-refractivity contribution in [2.75, 3.05) is 43.9 Å². The molecule has 42 heavy (non-hydrogen) atoms. The number of amides is 1. The lowest BCUT2D eigenvalue weighted by atomic mass is 9.71. The standard InChI is InChI=1S/C32H34N8O2/c1-21(35-30(41)27-28(33)36-39-15-7-14-34-29(27)39)25-18-22-8-6-11-24(38-19-32(20-38)12-16-37(2)17-13-32)26(22)31(42)40(25)23-9-4-3-5-10-23/h3-11,14-15,18,21H,12-13,16-17,19-20H2,1-2H3,(H2,33,36)(H,35,41). The van der Waals surface area contributed by atoms with E-state index in [-0.39, 0.29) is 16.9 Å². The lowest BCUT2D eigenvalue weighted by molar-refractivity contribution is 0.0908. The van der Waals surface area contributed by atoms with E-state index >= 15 is 0 Å². The topological polar surface area (TPSA) is 114 Å². The van der Waals surface area contributed by atoms with Gasteiger partial charge < -0.3 is 20.9 Å². The van der Waals surface area contributed by atoms with E-state index in [1.54, 1.807) is 23.0 Å². The Hall–Kier alpha value is -4.70. The predicted molar refractivity (Wildman–Crippen MR) is 164 cm³/mol. The second-order valence-corrected chi connectivity index (χ2v) is 11.8. The molecule has 7 rings (SSSR count). The number of nitrogen functional groups attached to an aromatic ring is 1. The van der Waals surface area contributed by atoms with Gasteiger partial charge in [0.25, 0.3) is 11.5 Å². The number of nitrogens with one attached hydrogen (secondary N) is 1. The SMILES string of the molecule is CC(NC(=O)c1c(N)nn2cccnc12)c1cc2cccc(N3CC4(CCN(C)CC4)C3)c2c(=O)n1-c1ccccc1. The van der Waals surface area contributed by atoms with Gasteiger partial charge in [0.1, 0.15) is 5.56 Å². The molecule has 10 nitrogen and oxygen atoms in total. The van der Waals surface area contributed by atoms with Crippen molar-refractivity contribution in [1.29, 1.82) is 0 Å². The summed E-state index contributed by atoms with van der Waals surface area (Å²) in [7, 11) is 2.19. The van der Waals surface area contributed by atoms with Crippen LogP contribution in [0.1, 0.15) is 41.9 Å². The molecule has 0 bridgehead atoms. The highest BCUT2D eigenvalue weighted by atomic mass is 16.2. The number of fused-ring (bicyclic) bond motifs is 2. The van der Waals surface area contributed by atoms with Gasteiger partial charge in [0.05, 0.1) is 17.1 Å². The maximum atomic E-state index is 14.4. The molecule has 2 aliphatic rings. The number of para-hydroxylation sites is 1. The molecule has 1 spiro atoms. The number of piperidine rings is 1. The number of nitrogens with zero attached hydrogens (tertiary/aromatic N) is 6. The van der Waals surface area contributed by atoms with Gasteiger partial charge in [-0.05, 0) is 75.6 Å². The fraction of sp³-hybridized carbons (Fsp3) is 0.312. The van der Waals surface area contributed by atoms with Gasteiger partial charge in [-0.1, -0.05) is 30.3 Å². The molecule has 3 N–H and O–H groups in total. The van der Waals surface area contributed by atoms with Crippen LogP contribution in [0.15, 0.2) is 77.9 Å². The van der Waals surface area contributed by atoms with Crippen LogP contribution >= 0.6 is 0 Å². The average Bonchev–Trinajstić information content (AvgIpc) is 3.32. The molecule has 2 fully saturated rings. The third kappa shape index (κ3) is 4.30. The van der Waals surface area contributed by atoms with Crippen molar-refractivity contribution in [2.45, 2.75) is 25.8 Å². The number of anilines is 2. The van der Waals surface area contributed by atoms with Gasteiger partial charge in [-0.2, -0.15) is 0 Å². The maximum absolute atomic E-state index is 14.4. The summed E-state index contributed by atoms with van der Waals surface area (Å²) in [6.07, 6.45) is 5.66. The van der Waals surface area contributed by atoms with Crippen LogP contribution in [0.25, 0.3) is 22.1 Å². The van der Waals surface area contributed by atoms with Crippen LogP contribution in [0.3, 0.4) is 0 Å². The molecule has 2 saturated heterocycles. The monoisotopic (exact) mass is 562 g/mol. The van der Waals surface area contributed by atoms with Crippen LogP contribution in [0.4, 0.5) is 11.5 Å². The summed E-state index contributed by atoms with van der Waals surface area (Å²) in [5.41, 5.74) is 9.31. The Morgan fingerprint density at radius 2 is 1.81 bits per heavy atom. The number of hydrogen-bond donors (Lipinski definition) is 2. The molecule has 5 heterocycles. The van der Waals surface area contributed by atoms with Crippen LogP contribution in [0.5, 0.6) is 0 Å². The number of hydrogen-bond acceptors (Lipinski definition) is 7. The highest BCUT2D eigenvalue weighted by Gasteiger charge is 2.45. The molecule has 0 aliphatic carbocycles. The van der Waals surface area contributed by atoms with Crippen LogP contribution in [0, 0.1) is 5.41 Å². The first-order chi connectivity index (χ1) is 20.3. The van der Waals surface area contributed by atoms with E-state index in [9.17, 15) is 9.59 Å². The first-order valence-corrected chi connectivity index (χ1v) is 14.4. The minimum Gasteiger partial charge on any atom is -0.381 e. The molecule has 5 aromatic rings. The largest absolute Gasteiger partial charge is 0.381 e. The van der Waals surface area contributed by atoms with Gasteiger partial charge in [-0.15, -0.1) is 5.10 Å². The Bertz CT molecular complexity index is 1860. The molecule has 1 atom stereocenters. The third-order valence-electron chi connectivity index (χ3n) is 8.95. The zero-order valence-corrected chi connectivity index (χ0v) is 23.8. The number of rotatable bonds is 5. The van der Waals surface area contributed by atoms with Crippen molar-refractivity contribution in [3.8, 4) is 5.69 Å². The van der Waals surface area contributed by atoms with Crippen LogP contribution < -0.4 is 21.5 Å². The van der Waals surface area contributed by atoms with Crippen molar-refractivity contribution in [3.63, 3.8) is 0 Å². The highest BCUT2D eigenvalue weighted by Crippen LogP contribution is 2.43. The predicted octanol–water partition coefficient (Wildman–Crippen LogP) is 3.64. The summed E-state index contributed by atoms with van der Waals surface area (Å²) in [5.74, 6) is -0.308. The summed E-state index contributed by atoms with van der Waals surface area (Å²) >= 11 is 0.